The Balaban J connectivity index is 2.39. The predicted octanol–water partition coefficient (Wildman–Crippen LogP) is -0.670. The van der Waals surface area contributed by atoms with E-state index in [2.05, 4.69) is 5.32 Å². The van der Waals surface area contributed by atoms with Crippen LogP contribution in [0.3, 0.4) is 0 Å². The highest BCUT2D eigenvalue weighted by Crippen LogP contribution is 2.25. The number of amides is 1. The van der Waals surface area contributed by atoms with E-state index in [-0.39, 0.29) is 24.4 Å². The van der Waals surface area contributed by atoms with Crippen molar-refractivity contribution in [1.29, 1.82) is 0 Å². The number of rotatable bonds is 5. The lowest BCUT2D eigenvalue weighted by atomic mass is 10.1. The number of methoxy groups -OCH3 is 1. The first-order valence-corrected chi connectivity index (χ1v) is 5.34. The van der Waals surface area contributed by atoms with Gasteiger partial charge in [-0.1, -0.05) is 0 Å². The van der Waals surface area contributed by atoms with E-state index >= 15 is 0 Å². The summed E-state index contributed by atoms with van der Waals surface area (Å²) >= 11 is 0. The Bertz CT molecular complexity index is 266. The molecule has 1 aliphatic rings. The Hall–Kier alpha value is -1.14. The molecule has 0 aromatic rings. The minimum atomic E-state index is -0.793. The van der Waals surface area contributed by atoms with Gasteiger partial charge in [0.15, 0.2) is 0 Å². The summed E-state index contributed by atoms with van der Waals surface area (Å²) in [7, 11) is 1.42. The lowest BCUT2D eigenvalue weighted by Crippen LogP contribution is -2.44. The van der Waals surface area contributed by atoms with Gasteiger partial charge in [-0.25, -0.2) is 0 Å². The van der Waals surface area contributed by atoms with Crippen molar-refractivity contribution in [3.63, 3.8) is 0 Å². The van der Waals surface area contributed by atoms with E-state index in [1.54, 1.807) is 0 Å². The van der Waals surface area contributed by atoms with Crippen LogP contribution in [0, 0.1) is 5.92 Å². The van der Waals surface area contributed by atoms with Crippen molar-refractivity contribution in [3.8, 4) is 0 Å². The van der Waals surface area contributed by atoms with Crippen LogP contribution in [0.25, 0.3) is 0 Å². The number of nitrogens with two attached hydrogens (primary N) is 1. The first-order valence-electron chi connectivity index (χ1n) is 5.34. The Morgan fingerprint density at radius 1 is 1.56 bits per heavy atom. The number of carboxylic acids is 1. The van der Waals surface area contributed by atoms with Crippen LogP contribution in [0.2, 0.25) is 0 Å². The molecule has 92 valence electrons. The van der Waals surface area contributed by atoms with Crippen molar-refractivity contribution >= 4 is 11.9 Å². The molecule has 3 atom stereocenters. The number of hydrogen-bond donors (Lipinski definition) is 3. The minimum Gasteiger partial charge on any atom is -0.481 e. The largest absolute Gasteiger partial charge is 0.481 e. The minimum absolute atomic E-state index is 0.0715. The fourth-order valence-corrected chi connectivity index (χ4v) is 1.94. The molecule has 1 aliphatic carbocycles. The maximum Gasteiger partial charge on any atom is 0.306 e. The third-order valence-electron chi connectivity index (χ3n) is 2.92. The van der Waals surface area contributed by atoms with E-state index in [0.29, 0.717) is 19.3 Å². The summed E-state index contributed by atoms with van der Waals surface area (Å²) in [4.78, 5) is 22.3. The Morgan fingerprint density at radius 3 is 2.69 bits per heavy atom. The molecule has 1 unspecified atom stereocenters. The second-order valence-electron chi connectivity index (χ2n) is 4.01. The van der Waals surface area contributed by atoms with Crippen LogP contribution in [0.5, 0.6) is 0 Å². The molecule has 0 aliphatic heterocycles. The van der Waals surface area contributed by atoms with Crippen LogP contribution in [0.4, 0.5) is 0 Å². The highest BCUT2D eigenvalue weighted by Gasteiger charge is 2.31. The van der Waals surface area contributed by atoms with E-state index in [1.807, 2.05) is 0 Å². The second kappa shape index (κ2) is 5.81. The van der Waals surface area contributed by atoms with Crippen LogP contribution in [0.1, 0.15) is 19.3 Å². The average molecular weight is 230 g/mol. The number of aliphatic carboxylic acids is 1. The summed E-state index contributed by atoms with van der Waals surface area (Å²) in [5.74, 6) is -1.40. The van der Waals surface area contributed by atoms with Gasteiger partial charge in [0.1, 0.15) is 6.10 Å². The van der Waals surface area contributed by atoms with Crippen molar-refractivity contribution in [2.75, 3.05) is 13.7 Å². The van der Waals surface area contributed by atoms with Gasteiger partial charge in [0.05, 0.1) is 5.92 Å². The summed E-state index contributed by atoms with van der Waals surface area (Å²) in [6, 6.07) is -0.0715. The number of carbonyl (C=O) groups is 2. The van der Waals surface area contributed by atoms with Gasteiger partial charge in [0.25, 0.3) is 5.91 Å². The molecular formula is C10H18N2O4. The molecule has 0 aromatic heterocycles. The third kappa shape index (κ3) is 3.18. The lowest BCUT2D eigenvalue weighted by Gasteiger charge is -2.17. The van der Waals surface area contributed by atoms with E-state index in [0.717, 1.165) is 0 Å². The van der Waals surface area contributed by atoms with E-state index < -0.39 is 12.1 Å². The van der Waals surface area contributed by atoms with Crippen molar-refractivity contribution in [2.24, 2.45) is 11.7 Å². The van der Waals surface area contributed by atoms with Gasteiger partial charge >= 0.3 is 5.97 Å². The molecule has 1 rings (SSSR count). The highest BCUT2D eigenvalue weighted by atomic mass is 16.5. The lowest BCUT2D eigenvalue weighted by molar-refractivity contribution is -0.141. The van der Waals surface area contributed by atoms with Crippen molar-refractivity contribution in [2.45, 2.75) is 31.4 Å². The van der Waals surface area contributed by atoms with E-state index in [9.17, 15) is 9.59 Å². The van der Waals surface area contributed by atoms with Gasteiger partial charge in [0.2, 0.25) is 0 Å². The number of hydrogen-bond acceptors (Lipinski definition) is 4. The van der Waals surface area contributed by atoms with Crippen molar-refractivity contribution < 1.29 is 19.4 Å². The molecule has 4 N–H and O–H groups in total. The maximum atomic E-state index is 11.6. The zero-order valence-corrected chi connectivity index (χ0v) is 9.31. The first-order chi connectivity index (χ1) is 7.58. The Kier molecular flexibility index (Phi) is 4.70. The first kappa shape index (κ1) is 12.9. The third-order valence-corrected chi connectivity index (χ3v) is 2.92. The zero-order valence-electron chi connectivity index (χ0n) is 9.31. The second-order valence-corrected chi connectivity index (χ2v) is 4.01. The molecule has 0 spiro atoms. The molecule has 0 saturated heterocycles. The number of carbonyl (C=O) groups excluding carboxylic acids is 1. The molecular weight excluding hydrogens is 212 g/mol. The number of ether oxygens (including phenoxy) is 1. The average Bonchev–Trinajstić information content (AvgIpc) is 2.68. The maximum absolute atomic E-state index is 11.6. The predicted molar refractivity (Wildman–Crippen MR) is 56.8 cm³/mol. The highest BCUT2D eigenvalue weighted by molar-refractivity contribution is 5.81. The molecule has 0 heterocycles. The molecule has 1 amide bonds. The van der Waals surface area contributed by atoms with Gasteiger partial charge < -0.3 is 20.9 Å². The van der Waals surface area contributed by atoms with Gasteiger partial charge in [0, 0.05) is 19.7 Å². The van der Waals surface area contributed by atoms with E-state index in [1.165, 1.54) is 7.11 Å². The summed E-state index contributed by atoms with van der Waals surface area (Å²) < 4.78 is 4.89. The molecule has 1 fully saturated rings. The van der Waals surface area contributed by atoms with Gasteiger partial charge in [-0.2, -0.15) is 0 Å². The summed E-state index contributed by atoms with van der Waals surface area (Å²) in [6.45, 7) is 0.122. The summed E-state index contributed by atoms with van der Waals surface area (Å²) in [6.07, 6.45) is 1.15. The summed E-state index contributed by atoms with van der Waals surface area (Å²) in [5.41, 5.74) is 5.35. The van der Waals surface area contributed by atoms with Crippen LogP contribution < -0.4 is 11.1 Å². The summed E-state index contributed by atoms with van der Waals surface area (Å²) in [5, 5.41) is 11.6. The van der Waals surface area contributed by atoms with E-state index in [4.69, 9.17) is 15.6 Å². The molecule has 6 nitrogen and oxygen atoms in total. The van der Waals surface area contributed by atoms with Gasteiger partial charge in [-0.15, -0.1) is 0 Å². The number of nitrogens with one attached hydrogen (secondary N) is 1. The van der Waals surface area contributed by atoms with Crippen LogP contribution in [0.15, 0.2) is 0 Å². The molecule has 0 radical (unpaired) electrons. The molecule has 0 aromatic carbocycles. The Morgan fingerprint density at radius 2 is 2.25 bits per heavy atom. The quantitative estimate of drug-likeness (QED) is 0.581. The molecule has 16 heavy (non-hydrogen) atoms. The Labute approximate surface area is 94.1 Å². The van der Waals surface area contributed by atoms with Crippen molar-refractivity contribution in [1.82, 2.24) is 5.32 Å². The smallest absolute Gasteiger partial charge is 0.306 e. The fourth-order valence-electron chi connectivity index (χ4n) is 1.94. The molecule has 1 saturated carbocycles. The van der Waals surface area contributed by atoms with Gasteiger partial charge in [-0.05, 0) is 19.3 Å². The fraction of sp³-hybridized carbons (Fsp3) is 0.800. The van der Waals surface area contributed by atoms with Crippen LogP contribution in [-0.2, 0) is 14.3 Å². The van der Waals surface area contributed by atoms with Crippen molar-refractivity contribution in [3.05, 3.63) is 0 Å². The SMILES string of the molecule is COC(CN)C(=O)N[C@H]1CC[C@@H](C(=O)O)C1. The number of carboxylic acid groups (broad SMARTS) is 1. The van der Waals surface area contributed by atoms with Gasteiger partial charge in [-0.3, -0.25) is 9.59 Å². The zero-order chi connectivity index (χ0) is 12.1. The molecule has 6 heteroatoms. The normalized spacial score (nSPS) is 26.4. The topological polar surface area (TPSA) is 102 Å². The standard InChI is InChI=1S/C10H18N2O4/c1-16-8(5-11)9(13)12-7-3-2-6(4-7)10(14)15/h6-8H,2-5,11H2,1H3,(H,12,13)(H,14,15)/t6-,7+,8?/m1/s1. The van der Waals surface area contributed by atoms with Crippen LogP contribution in [-0.4, -0.2) is 42.8 Å². The molecule has 0 bridgehead atoms. The monoisotopic (exact) mass is 230 g/mol. The van der Waals surface area contributed by atoms with Crippen LogP contribution >= 0.6 is 0 Å².